The molecule has 14 heavy (non-hydrogen) atoms. The van der Waals surface area contributed by atoms with E-state index >= 15 is 0 Å². The van der Waals surface area contributed by atoms with Crippen molar-refractivity contribution in [2.45, 2.75) is 18.5 Å². The molecule has 0 atom stereocenters. The quantitative estimate of drug-likeness (QED) is 0.547. The Morgan fingerprint density at radius 3 is 3.07 bits per heavy atom. The lowest BCUT2D eigenvalue weighted by Crippen LogP contribution is -2.04. The fourth-order valence-electron chi connectivity index (χ4n) is 0.781. The molecule has 1 heterocycles. The summed E-state index contributed by atoms with van der Waals surface area (Å²) >= 11 is 1.36. The predicted octanol–water partition coefficient (Wildman–Crippen LogP) is 0.432. The van der Waals surface area contributed by atoms with Crippen molar-refractivity contribution in [3.8, 4) is 0 Å². The third kappa shape index (κ3) is 3.65. The Bertz CT molecular complexity index is 302. The molecule has 6 nitrogen and oxygen atoms in total. The smallest absolute Gasteiger partial charge is 0.306 e. The van der Waals surface area contributed by atoms with Gasteiger partial charge in [0.1, 0.15) is 0 Å². The average Bonchev–Trinajstić information content (AvgIpc) is 2.52. The number of rotatable bonds is 5. The number of aromatic nitrogens is 3. The van der Waals surface area contributed by atoms with Gasteiger partial charge in [0, 0.05) is 5.75 Å². The number of ether oxygens (including phenoxy) is 1. The van der Waals surface area contributed by atoms with Crippen molar-refractivity contribution in [3.05, 3.63) is 0 Å². The van der Waals surface area contributed by atoms with E-state index in [1.165, 1.54) is 11.8 Å². The molecule has 3 N–H and O–H groups in total. The Balaban J connectivity index is 2.18. The van der Waals surface area contributed by atoms with Gasteiger partial charge >= 0.3 is 5.97 Å². The fourth-order valence-corrected chi connectivity index (χ4v) is 1.51. The Kier molecular flexibility index (Phi) is 4.24. The van der Waals surface area contributed by atoms with E-state index in [2.05, 4.69) is 15.2 Å². The van der Waals surface area contributed by atoms with E-state index in [-0.39, 0.29) is 11.9 Å². The van der Waals surface area contributed by atoms with Gasteiger partial charge in [-0.3, -0.25) is 4.79 Å². The lowest BCUT2D eigenvalue weighted by Gasteiger charge is -1.98. The van der Waals surface area contributed by atoms with Gasteiger partial charge < -0.3 is 10.5 Å². The molecule has 0 fully saturated rings. The molecule has 1 aromatic rings. The molecule has 1 aromatic heterocycles. The highest BCUT2D eigenvalue weighted by molar-refractivity contribution is 7.99. The Morgan fingerprint density at radius 2 is 2.50 bits per heavy atom. The average molecular weight is 216 g/mol. The van der Waals surface area contributed by atoms with Crippen molar-refractivity contribution >= 4 is 23.7 Å². The maximum Gasteiger partial charge on any atom is 0.306 e. The van der Waals surface area contributed by atoms with Crippen LogP contribution in [0, 0.1) is 0 Å². The number of nitrogens with one attached hydrogen (secondary N) is 1. The number of carbonyl (C=O) groups excluding carboxylic acids is 1. The monoisotopic (exact) mass is 216 g/mol. The Morgan fingerprint density at radius 1 is 1.71 bits per heavy atom. The molecule has 1 rings (SSSR count). The van der Waals surface area contributed by atoms with Gasteiger partial charge in [-0.05, 0) is 6.92 Å². The van der Waals surface area contributed by atoms with E-state index in [9.17, 15) is 4.79 Å². The van der Waals surface area contributed by atoms with E-state index in [0.29, 0.717) is 23.9 Å². The number of nitrogen functional groups attached to an aromatic ring is 1. The standard InChI is InChI=1S/C7H12N4O2S/c1-2-13-5(12)3-4-14-7-9-6(8)10-11-7/h2-4H2,1H3,(H3,8,9,10,11). The number of thioether (sulfide) groups is 1. The molecule has 0 bridgehead atoms. The van der Waals surface area contributed by atoms with Crippen molar-refractivity contribution in [3.63, 3.8) is 0 Å². The van der Waals surface area contributed by atoms with Crippen molar-refractivity contribution in [1.29, 1.82) is 0 Å². The Labute approximate surface area is 85.6 Å². The summed E-state index contributed by atoms with van der Waals surface area (Å²) in [5.74, 6) is 0.669. The maximum atomic E-state index is 10.9. The van der Waals surface area contributed by atoms with E-state index in [4.69, 9.17) is 10.5 Å². The van der Waals surface area contributed by atoms with Crippen LogP contribution in [0.5, 0.6) is 0 Å². The molecular weight excluding hydrogens is 204 g/mol. The molecule has 0 unspecified atom stereocenters. The van der Waals surface area contributed by atoms with Crippen molar-refractivity contribution in [2.75, 3.05) is 18.1 Å². The number of hydrogen-bond acceptors (Lipinski definition) is 6. The number of esters is 1. The summed E-state index contributed by atoms with van der Waals surface area (Å²) < 4.78 is 4.76. The highest BCUT2D eigenvalue weighted by Gasteiger charge is 2.04. The second kappa shape index (κ2) is 5.48. The van der Waals surface area contributed by atoms with E-state index in [1.807, 2.05) is 0 Å². The highest BCUT2D eigenvalue weighted by atomic mass is 32.2. The van der Waals surface area contributed by atoms with Crippen molar-refractivity contribution in [2.24, 2.45) is 0 Å². The molecule has 0 amide bonds. The molecular formula is C7H12N4O2S. The third-order valence-electron chi connectivity index (χ3n) is 1.32. The van der Waals surface area contributed by atoms with Crippen LogP contribution in [0.2, 0.25) is 0 Å². The Hall–Kier alpha value is -1.24. The second-order valence-corrected chi connectivity index (χ2v) is 3.47. The number of anilines is 1. The predicted molar refractivity (Wildman–Crippen MR) is 52.8 cm³/mol. The van der Waals surface area contributed by atoms with Crippen LogP contribution in [-0.2, 0) is 9.53 Å². The fraction of sp³-hybridized carbons (Fsp3) is 0.571. The number of carbonyl (C=O) groups is 1. The summed E-state index contributed by atoms with van der Waals surface area (Å²) in [5, 5.41) is 6.87. The minimum absolute atomic E-state index is 0.205. The van der Waals surface area contributed by atoms with Crippen molar-refractivity contribution < 1.29 is 9.53 Å². The van der Waals surface area contributed by atoms with E-state index in [0.717, 1.165) is 0 Å². The summed E-state index contributed by atoms with van der Waals surface area (Å²) in [6, 6.07) is 0. The summed E-state index contributed by atoms with van der Waals surface area (Å²) in [5.41, 5.74) is 5.32. The SMILES string of the molecule is CCOC(=O)CCSc1n[nH]c(N)n1. The first kappa shape index (κ1) is 10.8. The summed E-state index contributed by atoms with van der Waals surface area (Å²) in [6.45, 7) is 2.19. The number of nitrogens with zero attached hydrogens (tertiary/aromatic N) is 2. The van der Waals surface area contributed by atoms with Crippen LogP contribution in [0.3, 0.4) is 0 Å². The molecule has 0 aliphatic heterocycles. The van der Waals surface area contributed by atoms with Gasteiger partial charge in [0.2, 0.25) is 11.1 Å². The lowest BCUT2D eigenvalue weighted by atomic mass is 10.5. The van der Waals surface area contributed by atoms with Crippen LogP contribution >= 0.6 is 11.8 Å². The zero-order valence-corrected chi connectivity index (χ0v) is 8.63. The molecule has 0 saturated carbocycles. The first-order valence-electron chi connectivity index (χ1n) is 4.18. The van der Waals surface area contributed by atoms with Crippen LogP contribution < -0.4 is 5.73 Å². The highest BCUT2D eigenvalue weighted by Crippen LogP contribution is 2.13. The first-order valence-corrected chi connectivity index (χ1v) is 5.17. The largest absolute Gasteiger partial charge is 0.466 e. The summed E-state index contributed by atoms with van der Waals surface area (Å²) in [7, 11) is 0. The van der Waals surface area contributed by atoms with Gasteiger partial charge in [0.25, 0.3) is 0 Å². The van der Waals surface area contributed by atoms with E-state index in [1.54, 1.807) is 6.92 Å². The molecule has 7 heteroatoms. The number of nitrogens with two attached hydrogens (primary N) is 1. The van der Waals surface area contributed by atoms with Gasteiger partial charge in [-0.25, -0.2) is 5.10 Å². The van der Waals surface area contributed by atoms with Crippen molar-refractivity contribution in [1.82, 2.24) is 15.2 Å². The normalized spacial score (nSPS) is 10.1. The summed E-state index contributed by atoms with van der Waals surface area (Å²) in [4.78, 5) is 14.8. The summed E-state index contributed by atoms with van der Waals surface area (Å²) in [6.07, 6.45) is 0.354. The molecule has 0 saturated heterocycles. The van der Waals surface area contributed by atoms with Gasteiger partial charge in [0.15, 0.2) is 0 Å². The van der Waals surface area contributed by atoms with Crippen LogP contribution in [-0.4, -0.2) is 33.5 Å². The number of aromatic amines is 1. The minimum Gasteiger partial charge on any atom is -0.466 e. The number of hydrogen-bond donors (Lipinski definition) is 2. The molecule has 0 aromatic carbocycles. The third-order valence-corrected chi connectivity index (χ3v) is 2.17. The molecule has 0 aliphatic carbocycles. The van der Waals surface area contributed by atoms with Crippen LogP contribution in [0.4, 0.5) is 5.95 Å². The second-order valence-electron chi connectivity index (χ2n) is 2.41. The van der Waals surface area contributed by atoms with Crippen LogP contribution in [0.15, 0.2) is 5.16 Å². The first-order chi connectivity index (χ1) is 6.72. The molecule has 78 valence electrons. The van der Waals surface area contributed by atoms with Crippen LogP contribution in [0.25, 0.3) is 0 Å². The minimum atomic E-state index is -0.205. The van der Waals surface area contributed by atoms with Gasteiger partial charge in [-0.1, -0.05) is 11.8 Å². The zero-order valence-electron chi connectivity index (χ0n) is 7.82. The maximum absolute atomic E-state index is 10.9. The molecule has 0 aliphatic rings. The molecule has 0 radical (unpaired) electrons. The topological polar surface area (TPSA) is 93.9 Å². The van der Waals surface area contributed by atoms with E-state index < -0.39 is 0 Å². The van der Waals surface area contributed by atoms with Crippen LogP contribution in [0.1, 0.15) is 13.3 Å². The van der Waals surface area contributed by atoms with Gasteiger partial charge in [-0.15, -0.1) is 5.10 Å². The zero-order chi connectivity index (χ0) is 10.4. The number of H-pyrrole nitrogens is 1. The lowest BCUT2D eigenvalue weighted by molar-refractivity contribution is -0.142. The molecule has 0 spiro atoms. The van der Waals surface area contributed by atoms with Gasteiger partial charge in [0.05, 0.1) is 13.0 Å². The van der Waals surface area contributed by atoms with Gasteiger partial charge in [-0.2, -0.15) is 4.98 Å².